The van der Waals surface area contributed by atoms with Crippen LogP contribution in [0.5, 0.6) is 11.6 Å². The van der Waals surface area contributed by atoms with E-state index in [4.69, 9.17) is 9.84 Å². The fraction of sp³-hybridized carbons (Fsp3) is 0.0526. The average molecular weight is 366 g/mol. The number of ether oxygens (including phenoxy) is 2. The van der Waals surface area contributed by atoms with Crippen molar-refractivity contribution < 1.29 is 24.3 Å². The van der Waals surface area contributed by atoms with Crippen LogP contribution in [0.3, 0.4) is 0 Å². The monoisotopic (exact) mass is 366 g/mol. The van der Waals surface area contributed by atoms with Gasteiger partial charge in [-0.1, -0.05) is 30.3 Å². The molecule has 0 spiro atoms. The van der Waals surface area contributed by atoms with Crippen LogP contribution in [-0.4, -0.2) is 21.2 Å². The first-order valence-corrected chi connectivity index (χ1v) is 7.86. The number of hydrogen-bond acceptors (Lipinski definition) is 6. The molecule has 0 radical (unpaired) electrons. The van der Waals surface area contributed by atoms with E-state index in [9.17, 15) is 14.9 Å². The van der Waals surface area contributed by atoms with Crippen LogP contribution in [0.15, 0.2) is 66.7 Å². The van der Waals surface area contributed by atoms with E-state index < -0.39 is 11.1 Å². The molecule has 0 amide bonds. The lowest BCUT2D eigenvalue weighted by molar-refractivity contribution is -0.384. The van der Waals surface area contributed by atoms with Gasteiger partial charge in [0, 0.05) is 12.1 Å². The topological polar surface area (TPSA) is 112 Å². The van der Waals surface area contributed by atoms with Gasteiger partial charge in [-0.15, -0.1) is 0 Å². The van der Waals surface area contributed by atoms with Crippen molar-refractivity contribution in [3.05, 3.63) is 82.5 Å². The Morgan fingerprint density at radius 1 is 1.04 bits per heavy atom. The lowest BCUT2D eigenvalue weighted by atomic mass is 10.0. The van der Waals surface area contributed by atoms with Crippen LogP contribution < -0.4 is 9.47 Å². The van der Waals surface area contributed by atoms with Gasteiger partial charge in [0.1, 0.15) is 12.4 Å². The molecule has 0 saturated heterocycles. The van der Waals surface area contributed by atoms with Crippen LogP contribution in [0.1, 0.15) is 5.69 Å². The van der Waals surface area contributed by atoms with Crippen LogP contribution in [-0.2, 0) is 6.61 Å². The molecule has 0 aliphatic heterocycles. The molecule has 0 atom stereocenters. The maximum Gasteiger partial charge on any atom is 0.512 e. The van der Waals surface area contributed by atoms with Gasteiger partial charge in [0.15, 0.2) is 0 Å². The van der Waals surface area contributed by atoms with Crippen molar-refractivity contribution >= 4 is 11.8 Å². The number of carboxylic acid groups (broad SMARTS) is 1. The molecule has 2 aromatic carbocycles. The zero-order valence-electron chi connectivity index (χ0n) is 13.9. The summed E-state index contributed by atoms with van der Waals surface area (Å²) in [6, 6.07) is 18.1. The van der Waals surface area contributed by atoms with Gasteiger partial charge in [-0.25, -0.2) is 9.78 Å². The minimum atomic E-state index is -1.44. The summed E-state index contributed by atoms with van der Waals surface area (Å²) in [6.45, 7) is 0.113. The van der Waals surface area contributed by atoms with E-state index in [1.807, 2.05) is 0 Å². The lowest BCUT2D eigenvalue weighted by Gasteiger charge is -2.08. The Morgan fingerprint density at radius 3 is 2.48 bits per heavy atom. The van der Waals surface area contributed by atoms with Crippen molar-refractivity contribution in [1.82, 2.24) is 4.98 Å². The van der Waals surface area contributed by atoms with Gasteiger partial charge >= 0.3 is 6.16 Å². The van der Waals surface area contributed by atoms with Gasteiger partial charge in [0.2, 0.25) is 5.88 Å². The maximum atomic E-state index is 11.1. The zero-order valence-corrected chi connectivity index (χ0v) is 13.9. The van der Waals surface area contributed by atoms with E-state index in [2.05, 4.69) is 9.72 Å². The molecular weight excluding hydrogens is 352 g/mol. The number of carbonyl (C=O) groups is 1. The van der Waals surface area contributed by atoms with Gasteiger partial charge in [0.05, 0.1) is 16.2 Å². The third-order valence-corrected chi connectivity index (χ3v) is 3.63. The zero-order chi connectivity index (χ0) is 19.2. The summed E-state index contributed by atoms with van der Waals surface area (Å²) in [5, 5.41) is 19.7. The Bertz CT molecular complexity index is 972. The Morgan fingerprint density at radius 2 is 1.78 bits per heavy atom. The summed E-state index contributed by atoms with van der Waals surface area (Å²) in [5.74, 6) is 0.513. The number of hydrogen-bond donors (Lipinski definition) is 1. The Labute approximate surface area is 153 Å². The minimum absolute atomic E-state index is 0.0321. The summed E-state index contributed by atoms with van der Waals surface area (Å²) < 4.78 is 10.1. The van der Waals surface area contributed by atoms with Gasteiger partial charge < -0.3 is 14.6 Å². The molecule has 3 aromatic rings. The number of nitro groups is 1. The fourth-order valence-electron chi connectivity index (χ4n) is 2.45. The molecule has 3 rings (SSSR count). The largest absolute Gasteiger partial charge is 0.512 e. The summed E-state index contributed by atoms with van der Waals surface area (Å²) >= 11 is 0. The van der Waals surface area contributed by atoms with Crippen LogP contribution >= 0.6 is 0 Å². The predicted octanol–water partition coefficient (Wildman–Crippen LogP) is 4.29. The van der Waals surface area contributed by atoms with E-state index in [1.54, 1.807) is 54.6 Å². The molecule has 1 N–H and O–H groups in total. The van der Waals surface area contributed by atoms with Crippen molar-refractivity contribution in [3.8, 4) is 22.8 Å². The van der Waals surface area contributed by atoms with Crippen molar-refractivity contribution in [3.63, 3.8) is 0 Å². The smallest absolute Gasteiger partial charge is 0.487 e. The molecule has 8 nitrogen and oxygen atoms in total. The van der Waals surface area contributed by atoms with Crippen LogP contribution in [0.25, 0.3) is 11.1 Å². The van der Waals surface area contributed by atoms with Crippen LogP contribution in [0, 0.1) is 10.1 Å². The minimum Gasteiger partial charge on any atom is -0.487 e. The number of para-hydroxylation sites is 1. The number of nitro benzene ring substituents is 1. The predicted molar refractivity (Wildman–Crippen MR) is 95.8 cm³/mol. The van der Waals surface area contributed by atoms with Gasteiger partial charge in [0.25, 0.3) is 5.69 Å². The molecule has 1 heterocycles. The first-order chi connectivity index (χ1) is 13.0. The Balaban J connectivity index is 1.70. The molecule has 0 unspecified atom stereocenters. The van der Waals surface area contributed by atoms with Gasteiger partial charge in [-0.2, -0.15) is 0 Å². The number of benzene rings is 2. The summed E-state index contributed by atoms with van der Waals surface area (Å²) in [7, 11) is 0. The fourth-order valence-corrected chi connectivity index (χ4v) is 2.45. The second-order valence-electron chi connectivity index (χ2n) is 5.42. The van der Waals surface area contributed by atoms with Crippen molar-refractivity contribution in [1.29, 1.82) is 0 Å². The Hall–Kier alpha value is -3.94. The molecule has 136 valence electrons. The van der Waals surface area contributed by atoms with Crippen molar-refractivity contribution in [2.24, 2.45) is 0 Å². The molecule has 0 saturated carbocycles. The van der Waals surface area contributed by atoms with Crippen molar-refractivity contribution in [2.75, 3.05) is 0 Å². The van der Waals surface area contributed by atoms with E-state index >= 15 is 0 Å². The third kappa shape index (κ3) is 4.57. The molecule has 0 aliphatic carbocycles. The van der Waals surface area contributed by atoms with Gasteiger partial charge in [-0.3, -0.25) is 10.1 Å². The highest BCUT2D eigenvalue weighted by Crippen LogP contribution is 2.30. The number of rotatable bonds is 6. The molecule has 0 fully saturated rings. The second kappa shape index (κ2) is 7.96. The molecular formula is C19H14N2O6. The second-order valence-corrected chi connectivity index (χ2v) is 5.42. The normalized spacial score (nSPS) is 10.2. The van der Waals surface area contributed by atoms with Crippen molar-refractivity contribution in [2.45, 2.75) is 6.61 Å². The number of pyridine rings is 1. The average Bonchev–Trinajstić information content (AvgIpc) is 2.66. The molecule has 27 heavy (non-hydrogen) atoms. The summed E-state index contributed by atoms with van der Waals surface area (Å²) in [4.78, 5) is 25.3. The highest BCUT2D eigenvalue weighted by atomic mass is 16.7. The first kappa shape index (κ1) is 17.9. The van der Waals surface area contributed by atoms with Crippen LogP contribution in [0.2, 0.25) is 0 Å². The highest BCUT2D eigenvalue weighted by molar-refractivity contribution is 5.73. The molecule has 8 heteroatoms. The standard InChI is InChI=1S/C19H14N2O6/c22-19(23)27-18-7-3-4-14(20-18)12-26-15-10-8-13(9-11-15)16-5-1-2-6-17(16)21(24)25/h1-11H,12H2,(H,22,23). The van der Waals surface area contributed by atoms with Gasteiger partial charge in [-0.05, 0) is 29.8 Å². The maximum absolute atomic E-state index is 11.1. The molecule has 0 aliphatic rings. The number of nitrogens with zero attached hydrogens (tertiary/aromatic N) is 2. The quantitative estimate of drug-likeness (QED) is 0.393. The van der Waals surface area contributed by atoms with E-state index in [0.29, 0.717) is 22.6 Å². The SMILES string of the molecule is O=C(O)Oc1cccc(COc2ccc(-c3ccccc3[N+](=O)[O-])cc2)n1. The van der Waals surface area contributed by atoms with Crippen LogP contribution in [0.4, 0.5) is 10.5 Å². The van der Waals surface area contributed by atoms with E-state index in [1.165, 1.54) is 12.1 Å². The third-order valence-electron chi connectivity index (χ3n) is 3.63. The first-order valence-electron chi connectivity index (χ1n) is 7.86. The molecule has 0 bridgehead atoms. The highest BCUT2D eigenvalue weighted by Gasteiger charge is 2.14. The molecule has 1 aromatic heterocycles. The lowest BCUT2D eigenvalue weighted by Crippen LogP contribution is -2.06. The Kier molecular flexibility index (Phi) is 5.27. The van der Waals surface area contributed by atoms with E-state index in [0.717, 1.165) is 0 Å². The summed E-state index contributed by atoms with van der Waals surface area (Å²) in [5.41, 5.74) is 1.75. The van der Waals surface area contributed by atoms with E-state index in [-0.39, 0.29) is 18.2 Å². The number of aromatic nitrogens is 1. The summed E-state index contributed by atoms with van der Waals surface area (Å²) in [6.07, 6.45) is -1.44.